The van der Waals surface area contributed by atoms with Crippen molar-refractivity contribution >= 4 is 5.91 Å². The quantitative estimate of drug-likeness (QED) is 0.919. The van der Waals surface area contributed by atoms with Crippen molar-refractivity contribution in [2.24, 2.45) is 12.8 Å². The fraction of sp³-hybridized carbons (Fsp3) is 0.231. The molecule has 0 fully saturated rings. The molecule has 2 N–H and O–H groups in total. The summed E-state index contributed by atoms with van der Waals surface area (Å²) >= 11 is 0. The summed E-state index contributed by atoms with van der Waals surface area (Å²) in [6.07, 6.45) is -2.49. The van der Waals surface area contributed by atoms with E-state index in [0.29, 0.717) is 12.1 Å². The number of nitrogens with zero attached hydrogens (tertiary/aromatic N) is 2. The predicted octanol–water partition coefficient (Wildman–Crippen LogP) is 2.05. The van der Waals surface area contributed by atoms with E-state index in [2.05, 4.69) is 5.10 Å². The number of halogens is 2. The first kappa shape index (κ1) is 13.2. The van der Waals surface area contributed by atoms with Gasteiger partial charge in [0, 0.05) is 13.5 Å². The molecule has 100 valence electrons. The maximum atomic E-state index is 12.8. The van der Waals surface area contributed by atoms with Gasteiger partial charge in [0.05, 0.1) is 11.3 Å². The molecule has 0 radical (unpaired) electrons. The molecule has 1 aromatic heterocycles. The minimum absolute atomic E-state index is 0.179. The van der Waals surface area contributed by atoms with Gasteiger partial charge in [-0.05, 0) is 5.56 Å². The molecule has 0 saturated carbocycles. The van der Waals surface area contributed by atoms with E-state index < -0.39 is 18.0 Å². The monoisotopic (exact) mass is 265 g/mol. The third-order valence-corrected chi connectivity index (χ3v) is 2.86. The summed E-state index contributed by atoms with van der Waals surface area (Å²) in [7, 11) is 1.52. The van der Waals surface area contributed by atoms with Crippen LogP contribution in [0.2, 0.25) is 0 Å². The van der Waals surface area contributed by atoms with Gasteiger partial charge in [0.1, 0.15) is 5.69 Å². The lowest BCUT2D eigenvalue weighted by Crippen LogP contribution is -2.16. The number of nitrogens with two attached hydrogens (primary N) is 1. The van der Waals surface area contributed by atoms with Crippen molar-refractivity contribution in [1.82, 2.24) is 9.78 Å². The van der Waals surface area contributed by atoms with E-state index in [1.807, 2.05) is 30.3 Å². The maximum absolute atomic E-state index is 12.8. The number of benzene rings is 1. The van der Waals surface area contributed by atoms with Crippen LogP contribution < -0.4 is 5.73 Å². The van der Waals surface area contributed by atoms with Gasteiger partial charge < -0.3 is 5.73 Å². The number of hydrogen-bond acceptors (Lipinski definition) is 2. The van der Waals surface area contributed by atoms with Gasteiger partial charge in [-0.25, -0.2) is 8.78 Å². The minimum Gasteiger partial charge on any atom is -0.365 e. The van der Waals surface area contributed by atoms with E-state index in [0.717, 1.165) is 5.56 Å². The van der Waals surface area contributed by atoms with Crippen LogP contribution in [0.5, 0.6) is 0 Å². The normalized spacial score (nSPS) is 10.9. The standard InChI is InChI=1S/C13H13F2N3O/c1-18-9(7-8-5-3-2-4-6-8)10(13(16)19)11(17-18)12(14)15/h2-6,12H,7H2,1H3,(H2,16,19). The first-order chi connectivity index (χ1) is 9.00. The van der Waals surface area contributed by atoms with Gasteiger partial charge in [-0.1, -0.05) is 30.3 Å². The van der Waals surface area contributed by atoms with E-state index in [-0.39, 0.29) is 5.56 Å². The Bertz CT molecular complexity index is 593. The van der Waals surface area contributed by atoms with Crippen LogP contribution in [0, 0.1) is 0 Å². The summed E-state index contributed by atoms with van der Waals surface area (Å²) < 4.78 is 27.0. The Morgan fingerprint density at radius 2 is 2.00 bits per heavy atom. The molecular weight excluding hydrogens is 252 g/mol. The second kappa shape index (κ2) is 5.17. The van der Waals surface area contributed by atoms with Gasteiger partial charge in [-0.15, -0.1) is 0 Å². The Hall–Kier alpha value is -2.24. The van der Waals surface area contributed by atoms with E-state index in [4.69, 9.17) is 5.73 Å². The lowest BCUT2D eigenvalue weighted by molar-refractivity contribution is 0.0984. The highest BCUT2D eigenvalue weighted by molar-refractivity contribution is 5.95. The van der Waals surface area contributed by atoms with Crippen LogP contribution in [-0.2, 0) is 13.5 Å². The van der Waals surface area contributed by atoms with Crippen molar-refractivity contribution < 1.29 is 13.6 Å². The summed E-state index contributed by atoms with van der Waals surface area (Å²) in [5.41, 5.74) is 5.75. The van der Waals surface area contributed by atoms with Crippen molar-refractivity contribution in [3.05, 3.63) is 52.8 Å². The van der Waals surface area contributed by atoms with Crippen LogP contribution in [-0.4, -0.2) is 15.7 Å². The molecule has 0 unspecified atom stereocenters. The lowest BCUT2D eigenvalue weighted by atomic mass is 10.0. The molecule has 6 heteroatoms. The third-order valence-electron chi connectivity index (χ3n) is 2.86. The number of amides is 1. The van der Waals surface area contributed by atoms with Crippen molar-refractivity contribution in [1.29, 1.82) is 0 Å². The SMILES string of the molecule is Cn1nc(C(F)F)c(C(N)=O)c1Cc1ccccc1. The predicted molar refractivity (Wildman–Crippen MR) is 65.9 cm³/mol. The van der Waals surface area contributed by atoms with Gasteiger partial charge in [-0.3, -0.25) is 9.48 Å². The molecule has 0 aliphatic heterocycles. The second-order valence-corrected chi connectivity index (χ2v) is 4.16. The van der Waals surface area contributed by atoms with Crippen LogP contribution in [0.25, 0.3) is 0 Å². The number of rotatable bonds is 4. The average Bonchev–Trinajstić information content (AvgIpc) is 2.68. The maximum Gasteiger partial charge on any atom is 0.282 e. The highest BCUT2D eigenvalue weighted by Crippen LogP contribution is 2.25. The minimum atomic E-state index is -2.82. The van der Waals surface area contributed by atoms with Gasteiger partial charge in [0.15, 0.2) is 0 Å². The smallest absolute Gasteiger partial charge is 0.282 e. The Morgan fingerprint density at radius 1 is 1.37 bits per heavy atom. The average molecular weight is 265 g/mol. The largest absolute Gasteiger partial charge is 0.365 e. The molecule has 0 bridgehead atoms. The number of aryl methyl sites for hydroxylation is 1. The first-order valence-corrected chi connectivity index (χ1v) is 5.68. The number of carbonyl (C=O) groups is 1. The zero-order valence-corrected chi connectivity index (χ0v) is 10.3. The molecule has 19 heavy (non-hydrogen) atoms. The molecule has 0 saturated heterocycles. The molecular formula is C13H13F2N3O. The van der Waals surface area contributed by atoms with Crippen molar-refractivity contribution in [2.75, 3.05) is 0 Å². The Balaban J connectivity index is 2.48. The fourth-order valence-corrected chi connectivity index (χ4v) is 1.99. The van der Waals surface area contributed by atoms with E-state index >= 15 is 0 Å². The summed E-state index contributed by atoms with van der Waals surface area (Å²) in [5, 5.41) is 3.69. The van der Waals surface area contributed by atoms with E-state index in [9.17, 15) is 13.6 Å². The molecule has 0 atom stereocenters. The molecule has 1 aromatic carbocycles. The molecule has 1 amide bonds. The molecule has 0 aliphatic rings. The van der Waals surface area contributed by atoms with Gasteiger partial charge >= 0.3 is 0 Å². The molecule has 1 heterocycles. The van der Waals surface area contributed by atoms with Gasteiger partial charge in [0.2, 0.25) is 0 Å². The van der Waals surface area contributed by atoms with Crippen molar-refractivity contribution in [3.8, 4) is 0 Å². The molecule has 0 aliphatic carbocycles. The molecule has 0 spiro atoms. The topological polar surface area (TPSA) is 60.9 Å². The number of hydrogen-bond donors (Lipinski definition) is 1. The summed E-state index contributed by atoms with van der Waals surface area (Å²) in [6.45, 7) is 0. The van der Waals surface area contributed by atoms with Crippen LogP contribution in [0.4, 0.5) is 8.78 Å². The number of alkyl halides is 2. The lowest BCUT2D eigenvalue weighted by Gasteiger charge is -2.04. The number of primary amides is 1. The Labute approximate surface area is 108 Å². The first-order valence-electron chi connectivity index (χ1n) is 5.68. The molecule has 2 rings (SSSR count). The third kappa shape index (κ3) is 2.62. The fourth-order valence-electron chi connectivity index (χ4n) is 1.99. The van der Waals surface area contributed by atoms with Crippen LogP contribution >= 0.6 is 0 Å². The summed E-state index contributed by atoms with van der Waals surface area (Å²) in [6, 6.07) is 9.22. The summed E-state index contributed by atoms with van der Waals surface area (Å²) in [4.78, 5) is 11.4. The van der Waals surface area contributed by atoms with Crippen molar-refractivity contribution in [3.63, 3.8) is 0 Å². The zero-order valence-electron chi connectivity index (χ0n) is 10.3. The summed E-state index contributed by atoms with van der Waals surface area (Å²) in [5.74, 6) is -0.880. The highest BCUT2D eigenvalue weighted by atomic mass is 19.3. The van der Waals surface area contributed by atoms with Crippen LogP contribution in [0.3, 0.4) is 0 Å². The second-order valence-electron chi connectivity index (χ2n) is 4.16. The number of aromatic nitrogens is 2. The van der Waals surface area contributed by atoms with Gasteiger partial charge in [-0.2, -0.15) is 5.10 Å². The Kier molecular flexibility index (Phi) is 3.59. The van der Waals surface area contributed by atoms with E-state index in [1.54, 1.807) is 0 Å². The Morgan fingerprint density at radius 3 is 2.53 bits per heavy atom. The van der Waals surface area contributed by atoms with Gasteiger partial charge in [0.25, 0.3) is 12.3 Å². The van der Waals surface area contributed by atoms with E-state index in [1.165, 1.54) is 11.7 Å². The van der Waals surface area contributed by atoms with Crippen LogP contribution in [0.15, 0.2) is 30.3 Å². The van der Waals surface area contributed by atoms with Crippen molar-refractivity contribution in [2.45, 2.75) is 12.8 Å². The molecule has 2 aromatic rings. The van der Waals surface area contributed by atoms with Crippen LogP contribution in [0.1, 0.15) is 33.7 Å². The number of carbonyl (C=O) groups excluding carboxylic acids is 1. The zero-order chi connectivity index (χ0) is 14.0. The highest BCUT2D eigenvalue weighted by Gasteiger charge is 2.26. The molecule has 4 nitrogen and oxygen atoms in total.